The number of rotatable bonds is 28. The Morgan fingerprint density at radius 1 is 0.633 bits per heavy atom. The minimum absolute atomic E-state index is 0.0709. The number of piperidine rings is 1. The molecule has 338 valence electrons. The van der Waals surface area contributed by atoms with E-state index in [2.05, 4.69) is 48.0 Å². The fourth-order valence-corrected chi connectivity index (χ4v) is 9.75. The summed E-state index contributed by atoms with van der Waals surface area (Å²) in [5.41, 5.74) is 1.12. The van der Waals surface area contributed by atoms with Gasteiger partial charge in [-0.05, 0) is 113 Å². The van der Waals surface area contributed by atoms with Crippen LogP contribution >= 0.6 is 0 Å². The Labute approximate surface area is 365 Å². The lowest BCUT2D eigenvalue weighted by molar-refractivity contribution is -0.158. The SMILES string of the molecule is CCCCC/C=C\C/C=C\CCCCCCCC(=O)OCC(COC(=O)C1CCC([C@H]2CCC[C@H](CCCCC)CC2)CC1)COC(=O)C1CCN(c2ccncc2)CC1. The van der Waals surface area contributed by atoms with Crippen molar-refractivity contribution in [2.24, 2.45) is 35.5 Å². The summed E-state index contributed by atoms with van der Waals surface area (Å²) >= 11 is 0. The van der Waals surface area contributed by atoms with Gasteiger partial charge >= 0.3 is 17.9 Å². The largest absolute Gasteiger partial charge is 0.465 e. The average Bonchev–Trinajstić information content (AvgIpc) is 3.53. The number of anilines is 1. The summed E-state index contributed by atoms with van der Waals surface area (Å²) in [4.78, 5) is 45.8. The predicted octanol–water partition coefficient (Wildman–Crippen LogP) is 12.9. The summed E-state index contributed by atoms with van der Waals surface area (Å²) in [6, 6.07) is 3.99. The molecule has 8 heteroatoms. The molecule has 1 aromatic heterocycles. The van der Waals surface area contributed by atoms with Crippen LogP contribution < -0.4 is 4.90 Å². The number of unbranched alkanes of at least 4 members (excludes halogenated alkanes) is 10. The van der Waals surface area contributed by atoms with E-state index in [-0.39, 0.29) is 49.6 Å². The van der Waals surface area contributed by atoms with Crippen molar-refractivity contribution in [2.75, 3.05) is 37.8 Å². The first-order chi connectivity index (χ1) is 29.5. The minimum atomic E-state index is -0.393. The van der Waals surface area contributed by atoms with Gasteiger partial charge in [-0.2, -0.15) is 0 Å². The lowest BCUT2D eigenvalue weighted by Gasteiger charge is -2.33. The molecule has 3 fully saturated rings. The molecule has 0 spiro atoms. The summed E-state index contributed by atoms with van der Waals surface area (Å²) < 4.78 is 17.5. The van der Waals surface area contributed by atoms with Crippen LogP contribution in [0.5, 0.6) is 0 Å². The van der Waals surface area contributed by atoms with Crippen molar-refractivity contribution >= 4 is 23.6 Å². The van der Waals surface area contributed by atoms with Crippen LogP contribution in [-0.2, 0) is 28.6 Å². The molecule has 1 unspecified atom stereocenters. The number of carbonyl (C=O) groups is 3. The van der Waals surface area contributed by atoms with Crippen LogP contribution in [0.2, 0.25) is 0 Å². The van der Waals surface area contributed by atoms with Crippen molar-refractivity contribution in [3.8, 4) is 0 Å². The molecule has 8 nitrogen and oxygen atoms in total. The average molecular weight is 833 g/mol. The highest BCUT2D eigenvalue weighted by atomic mass is 16.6. The van der Waals surface area contributed by atoms with Gasteiger partial charge in [-0.15, -0.1) is 0 Å². The Morgan fingerprint density at radius 2 is 1.20 bits per heavy atom. The number of aromatic nitrogens is 1. The molecule has 3 aliphatic rings. The molecule has 2 aliphatic carbocycles. The second-order valence-corrected chi connectivity index (χ2v) is 18.5. The van der Waals surface area contributed by atoms with Crippen LogP contribution in [0.3, 0.4) is 0 Å². The van der Waals surface area contributed by atoms with E-state index in [9.17, 15) is 14.4 Å². The highest BCUT2D eigenvalue weighted by Crippen LogP contribution is 2.41. The predicted molar refractivity (Wildman–Crippen MR) is 245 cm³/mol. The number of hydrogen-bond acceptors (Lipinski definition) is 8. The highest BCUT2D eigenvalue weighted by Gasteiger charge is 2.33. The molecule has 1 saturated heterocycles. The van der Waals surface area contributed by atoms with Gasteiger partial charge in [0.25, 0.3) is 0 Å². The number of pyridine rings is 1. The van der Waals surface area contributed by atoms with E-state index >= 15 is 0 Å². The maximum absolute atomic E-state index is 13.4. The van der Waals surface area contributed by atoms with E-state index in [4.69, 9.17) is 14.2 Å². The third kappa shape index (κ3) is 20.1. The van der Waals surface area contributed by atoms with Gasteiger partial charge in [-0.1, -0.05) is 122 Å². The first-order valence-corrected chi connectivity index (χ1v) is 24.9. The zero-order chi connectivity index (χ0) is 42.5. The Hall–Kier alpha value is -3.16. The minimum Gasteiger partial charge on any atom is -0.465 e. The first-order valence-electron chi connectivity index (χ1n) is 24.9. The molecule has 0 amide bonds. The van der Waals surface area contributed by atoms with Gasteiger partial charge in [0, 0.05) is 37.6 Å². The van der Waals surface area contributed by atoms with Gasteiger partial charge in [-0.3, -0.25) is 19.4 Å². The molecule has 1 aromatic rings. The molecule has 0 aromatic carbocycles. The van der Waals surface area contributed by atoms with Gasteiger partial charge in [0.15, 0.2) is 0 Å². The Bertz CT molecular complexity index is 1350. The lowest BCUT2D eigenvalue weighted by Crippen LogP contribution is -2.37. The third-order valence-corrected chi connectivity index (χ3v) is 13.7. The van der Waals surface area contributed by atoms with Crippen LogP contribution in [-0.4, -0.2) is 55.8 Å². The van der Waals surface area contributed by atoms with Crippen molar-refractivity contribution in [1.29, 1.82) is 0 Å². The molecule has 60 heavy (non-hydrogen) atoms. The normalized spacial score (nSPS) is 22.1. The second-order valence-electron chi connectivity index (χ2n) is 18.5. The fraction of sp³-hybridized carbons (Fsp3) is 0.769. The van der Waals surface area contributed by atoms with Crippen LogP contribution in [0, 0.1) is 35.5 Å². The summed E-state index contributed by atoms with van der Waals surface area (Å²) in [6.07, 6.45) is 43.2. The highest BCUT2D eigenvalue weighted by molar-refractivity contribution is 5.73. The van der Waals surface area contributed by atoms with Gasteiger partial charge < -0.3 is 19.1 Å². The maximum atomic E-state index is 13.4. The Kier molecular flexibility index (Phi) is 25.4. The monoisotopic (exact) mass is 833 g/mol. The van der Waals surface area contributed by atoms with Crippen molar-refractivity contribution < 1.29 is 28.6 Å². The summed E-state index contributed by atoms with van der Waals surface area (Å²) in [5, 5.41) is 0. The van der Waals surface area contributed by atoms with Crippen LogP contribution in [0.1, 0.15) is 187 Å². The van der Waals surface area contributed by atoms with E-state index in [0.29, 0.717) is 19.3 Å². The zero-order valence-corrected chi connectivity index (χ0v) is 38.1. The van der Waals surface area contributed by atoms with Gasteiger partial charge in [0.1, 0.15) is 19.8 Å². The molecular formula is C52H84N2O6. The summed E-state index contributed by atoms with van der Waals surface area (Å²) in [7, 11) is 0. The smallest absolute Gasteiger partial charge is 0.309 e. The fourth-order valence-electron chi connectivity index (χ4n) is 9.75. The second kappa shape index (κ2) is 30.8. The molecule has 0 N–H and O–H groups in total. The number of hydrogen-bond donors (Lipinski definition) is 0. The molecule has 0 bridgehead atoms. The molecule has 2 heterocycles. The lowest BCUT2D eigenvalue weighted by atomic mass is 9.73. The zero-order valence-electron chi connectivity index (χ0n) is 38.1. The Morgan fingerprint density at radius 3 is 1.88 bits per heavy atom. The quantitative estimate of drug-likeness (QED) is 0.0271. The number of nitrogens with zero attached hydrogens (tertiary/aromatic N) is 2. The van der Waals surface area contributed by atoms with E-state index in [1.807, 2.05) is 12.1 Å². The van der Waals surface area contributed by atoms with E-state index in [1.54, 1.807) is 12.4 Å². The molecule has 4 rings (SSSR count). The first kappa shape index (κ1) is 49.5. The molecule has 0 radical (unpaired) electrons. The van der Waals surface area contributed by atoms with Gasteiger partial charge in [0.2, 0.25) is 0 Å². The van der Waals surface area contributed by atoms with Crippen LogP contribution in [0.25, 0.3) is 0 Å². The summed E-state index contributed by atoms with van der Waals surface area (Å²) in [6.45, 7) is 6.32. The van der Waals surface area contributed by atoms with Crippen molar-refractivity contribution in [2.45, 2.75) is 187 Å². The van der Waals surface area contributed by atoms with E-state index in [1.165, 1.54) is 89.9 Å². The van der Waals surface area contributed by atoms with Crippen LogP contribution in [0.4, 0.5) is 5.69 Å². The number of ether oxygens (including phenoxy) is 3. The van der Waals surface area contributed by atoms with Crippen molar-refractivity contribution in [3.05, 3.63) is 48.8 Å². The molecular weight excluding hydrogens is 749 g/mol. The Balaban J connectivity index is 1.15. The molecule has 2 saturated carbocycles. The number of esters is 3. The number of carbonyl (C=O) groups excluding carboxylic acids is 3. The topological polar surface area (TPSA) is 95.0 Å². The molecule has 3 atom stereocenters. The molecule has 1 aliphatic heterocycles. The van der Waals surface area contributed by atoms with Crippen molar-refractivity contribution in [1.82, 2.24) is 4.98 Å². The number of allylic oxidation sites excluding steroid dienone is 4. The van der Waals surface area contributed by atoms with Gasteiger partial charge in [-0.25, -0.2) is 0 Å². The maximum Gasteiger partial charge on any atom is 0.309 e. The van der Waals surface area contributed by atoms with E-state index in [0.717, 1.165) is 101 Å². The summed E-state index contributed by atoms with van der Waals surface area (Å²) in [5.74, 6) is 1.18. The third-order valence-electron chi connectivity index (χ3n) is 13.7. The van der Waals surface area contributed by atoms with Crippen molar-refractivity contribution in [3.63, 3.8) is 0 Å². The van der Waals surface area contributed by atoms with Gasteiger partial charge in [0.05, 0.1) is 17.8 Å². The standard InChI is InChI=1S/C52H84N2O6/c1-3-5-7-8-9-10-11-12-13-14-15-16-17-18-20-25-50(55)58-40-44(42-60-52(57)48-34-38-54(39-35-48)49-32-36-53-37-33-49)41-59-51(56)47-30-28-46(29-31-47)45-24-21-23-43(26-27-45)22-19-6-4-2/h9-10,12-13,32-33,36-37,43-48H,3-8,11,14-31,34-35,38-42H2,1-2H3/b10-9-,13-12-/t43-,44?,45-,46?,47?/m0/s1. The van der Waals surface area contributed by atoms with Crippen LogP contribution in [0.15, 0.2) is 48.8 Å². The van der Waals surface area contributed by atoms with E-state index < -0.39 is 5.92 Å².